The smallest absolute Gasteiger partial charge is 0.255 e. The first kappa shape index (κ1) is 25.4. The van der Waals surface area contributed by atoms with E-state index >= 15 is 0 Å². The van der Waals surface area contributed by atoms with Crippen LogP contribution in [0.25, 0.3) is 5.57 Å². The van der Waals surface area contributed by atoms with E-state index in [2.05, 4.69) is 0 Å². The number of aliphatic hydroxyl groups excluding tert-OH is 2. The molecule has 0 bridgehead atoms. The molecule has 0 saturated heterocycles. The first-order valence-electron chi connectivity index (χ1n) is 11.7. The van der Waals surface area contributed by atoms with E-state index in [0.29, 0.717) is 5.56 Å². The molecule has 4 rings (SSSR count). The van der Waals surface area contributed by atoms with Crippen LogP contribution in [0.3, 0.4) is 0 Å². The summed E-state index contributed by atoms with van der Waals surface area (Å²) in [6.45, 7) is 3.76. The van der Waals surface area contributed by atoms with Crippen LogP contribution in [0.5, 0.6) is 5.75 Å². The monoisotopic (exact) mass is 494 g/mol. The highest BCUT2D eigenvalue weighted by atomic mass is 16.3. The summed E-state index contributed by atoms with van der Waals surface area (Å²) in [5.74, 6) is -6.58. The van der Waals surface area contributed by atoms with Gasteiger partial charge in [0.25, 0.3) is 5.91 Å². The molecule has 6 N–H and O–H groups in total. The summed E-state index contributed by atoms with van der Waals surface area (Å²) in [5, 5.41) is 44.4. The molecule has 0 aliphatic heterocycles. The Hall–Kier alpha value is -3.69. The average molecular weight is 495 g/mol. The first-order chi connectivity index (χ1) is 16.9. The number of phenolic OH excluding ortho intramolecular Hbond substituents is 1. The summed E-state index contributed by atoms with van der Waals surface area (Å²) in [6, 6.07) is 2.11. The highest BCUT2D eigenvalue weighted by Gasteiger charge is 2.63. The summed E-state index contributed by atoms with van der Waals surface area (Å²) in [5.41, 5.74) is 3.95. The minimum Gasteiger partial charge on any atom is -0.510 e. The Morgan fingerprint density at radius 2 is 1.86 bits per heavy atom. The predicted octanol–water partition coefficient (Wildman–Crippen LogP) is 2.10. The number of hydrogen-bond donors (Lipinski definition) is 5. The molecule has 3 aliphatic carbocycles. The SMILES string of the molecule is C/C=C\C=C(/C)c1ccc(O)c2c1C[C@H]1C[C@H]3[C@H](N(C)C)C(O)=C(C(N)=O)C(=O)[C@@]3(O)C(O)=C1C2=O. The van der Waals surface area contributed by atoms with Crippen molar-refractivity contribution in [3.63, 3.8) is 0 Å². The molecule has 0 heterocycles. The van der Waals surface area contributed by atoms with Gasteiger partial charge in [-0.05, 0) is 69.5 Å². The normalized spacial score (nSPS) is 28.5. The largest absolute Gasteiger partial charge is 0.510 e. The fourth-order valence-electron chi connectivity index (χ4n) is 5.95. The maximum Gasteiger partial charge on any atom is 0.255 e. The van der Waals surface area contributed by atoms with Crippen LogP contribution in [-0.4, -0.2) is 68.5 Å². The second kappa shape index (κ2) is 8.76. The molecule has 9 heteroatoms. The summed E-state index contributed by atoms with van der Waals surface area (Å²) >= 11 is 0. The molecule has 9 nitrogen and oxygen atoms in total. The lowest BCUT2D eigenvalue weighted by molar-refractivity contribution is -0.148. The molecule has 0 unspecified atom stereocenters. The highest BCUT2D eigenvalue weighted by Crippen LogP contribution is 2.52. The molecule has 0 fully saturated rings. The molecule has 0 radical (unpaired) electrons. The van der Waals surface area contributed by atoms with Gasteiger partial charge in [-0.15, -0.1) is 0 Å². The second-order valence-electron chi connectivity index (χ2n) is 9.82. The zero-order chi connectivity index (χ0) is 26.7. The lowest BCUT2D eigenvalue weighted by atomic mass is 9.58. The summed E-state index contributed by atoms with van der Waals surface area (Å²) in [6.07, 6.45) is 5.91. The highest BCUT2D eigenvalue weighted by molar-refractivity contribution is 6.24. The Balaban J connectivity index is 1.96. The molecule has 0 saturated carbocycles. The van der Waals surface area contributed by atoms with E-state index in [0.717, 1.165) is 11.1 Å². The zero-order valence-corrected chi connectivity index (χ0v) is 20.6. The van der Waals surface area contributed by atoms with Gasteiger partial charge in [-0.3, -0.25) is 19.3 Å². The van der Waals surface area contributed by atoms with Crippen LogP contribution in [0.1, 0.15) is 41.8 Å². The van der Waals surface area contributed by atoms with Crippen molar-refractivity contribution >= 4 is 23.0 Å². The second-order valence-corrected chi connectivity index (χ2v) is 9.82. The maximum atomic E-state index is 13.7. The van der Waals surface area contributed by atoms with Crippen molar-refractivity contribution < 1.29 is 34.8 Å². The summed E-state index contributed by atoms with van der Waals surface area (Å²) < 4.78 is 0. The Kier molecular flexibility index (Phi) is 6.18. The maximum absolute atomic E-state index is 13.7. The molecule has 190 valence electrons. The van der Waals surface area contributed by atoms with Gasteiger partial charge in [-0.2, -0.15) is 0 Å². The number of nitrogens with two attached hydrogens (primary N) is 1. The fraction of sp³-hybridized carbons (Fsp3) is 0.370. The van der Waals surface area contributed by atoms with Crippen LogP contribution in [0.2, 0.25) is 0 Å². The third kappa shape index (κ3) is 3.42. The topological polar surface area (TPSA) is 161 Å². The molecule has 0 spiro atoms. The van der Waals surface area contributed by atoms with Gasteiger partial charge < -0.3 is 26.2 Å². The van der Waals surface area contributed by atoms with Gasteiger partial charge in [0.15, 0.2) is 11.4 Å². The number of phenols is 1. The van der Waals surface area contributed by atoms with Crippen LogP contribution < -0.4 is 5.73 Å². The standard InChI is InChI=1S/C27H30N2O7/c1-5-6-7-12(2)14-8-9-17(30)19-15(14)10-13-11-16-21(29(3)4)23(32)20(26(28)35)25(34)27(16,36)24(33)18(13)22(19)31/h5-9,13,16,21,30,32-33,36H,10-11H2,1-4H3,(H2,28,35)/b6-5-,12-7+/t13-,16-,21-,27-/m0/s1. The van der Waals surface area contributed by atoms with Crippen molar-refractivity contribution in [1.82, 2.24) is 4.90 Å². The third-order valence-electron chi connectivity index (χ3n) is 7.57. The minimum absolute atomic E-state index is 0.00140. The number of aromatic hydroxyl groups is 1. The molecule has 1 aromatic carbocycles. The van der Waals surface area contributed by atoms with Crippen LogP contribution in [-0.2, 0) is 16.0 Å². The first-order valence-corrected chi connectivity index (χ1v) is 11.7. The molecule has 4 atom stereocenters. The number of primary amides is 1. The van der Waals surface area contributed by atoms with Gasteiger partial charge in [-0.25, -0.2) is 0 Å². The number of allylic oxidation sites excluding steroid dienone is 5. The predicted molar refractivity (Wildman–Crippen MR) is 132 cm³/mol. The van der Waals surface area contributed by atoms with E-state index in [1.54, 1.807) is 20.2 Å². The zero-order valence-electron chi connectivity index (χ0n) is 20.6. The number of benzene rings is 1. The molecule has 0 aromatic heterocycles. The Morgan fingerprint density at radius 3 is 2.44 bits per heavy atom. The van der Waals surface area contributed by atoms with E-state index in [-0.39, 0.29) is 29.7 Å². The van der Waals surface area contributed by atoms with E-state index in [1.807, 2.05) is 32.1 Å². The van der Waals surface area contributed by atoms with Gasteiger partial charge in [0.05, 0.1) is 11.6 Å². The lowest BCUT2D eigenvalue weighted by Crippen LogP contribution is -2.63. The van der Waals surface area contributed by atoms with E-state index in [4.69, 9.17) is 5.73 Å². The van der Waals surface area contributed by atoms with Crippen LogP contribution in [0.15, 0.2) is 53.0 Å². The van der Waals surface area contributed by atoms with Crippen LogP contribution in [0.4, 0.5) is 0 Å². The minimum atomic E-state index is -2.64. The van der Waals surface area contributed by atoms with Crippen LogP contribution in [0, 0.1) is 11.8 Å². The van der Waals surface area contributed by atoms with Crippen molar-refractivity contribution in [2.75, 3.05) is 14.1 Å². The molecular weight excluding hydrogens is 464 g/mol. The molecule has 1 amide bonds. The van der Waals surface area contributed by atoms with Crippen molar-refractivity contribution in [3.8, 4) is 5.75 Å². The number of ketones is 2. The molecule has 3 aliphatic rings. The number of carbonyl (C=O) groups excluding carboxylic acids is 3. The van der Waals surface area contributed by atoms with Crippen LogP contribution >= 0.6 is 0 Å². The van der Waals surface area contributed by atoms with E-state index in [1.165, 1.54) is 11.0 Å². The molecule has 36 heavy (non-hydrogen) atoms. The number of amides is 1. The van der Waals surface area contributed by atoms with Gasteiger partial charge in [-0.1, -0.05) is 24.3 Å². The van der Waals surface area contributed by atoms with E-state index < -0.39 is 58.0 Å². The summed E-state index contributed by atoms with van der Waals surface area (Å²) in [7, 11) is 3.19. The quantitative estimate of drug-likeness (QED) is 0.314. The Bertz CT molecular complexity index is 1320. The van der Waals surface area contributed by atoms with Gasteiger partial charge in [0.2, 0.25) is 5.78 Å². The third-order valence-corrected chi connectivity index (χ3v) is 7.57. The van der Waals surface area contributed by atoms with Crippen molar-refractivity contribution in [2.24, 2.45) is 17.6 Å². The number of fused-ring (bicyclic) bond motifs is 3. The number of likely N-dealkylation sites (N-methyl/N-ethyl adjacent to an activating group) is 1. The number of hydrogen-bond acceptors (Lipinski definition) is 8. The number of Topliss-reactive ketones (excluding diaryl/α,β-unsaturated/α-hetero) is 2. The number of carbonyl (C=O) groups is 3. The van der Waals surface area contributed by atoms with Crippen molar-refractivity contribution in [2.45, 2.75) is 38.3 Å². The molecule has 1 aromatic rings. The average Bonchev–Trinajstić information content (AvgIpc) is 2.79. The van der Waals surface area contributed by atoms with Gasteiger partial charge in [0.1, 0.15) is 22.8 Å². The Labute approximate surface area is 208 Å². The summed E-state index contributed by atoms with van der Waals surface area (Å²) in [4.78, 5) is 40.6. The van der Waals surface area contributed by atoms with Crippen molar-refractivity contribution in [1.29, 1.82) is 0 Å². The van der Waals surface area contributed by atoms with E-state index in [9.17, 15) is 34.8 Å². The van der Waals surface area contributed by atoms with Gasteiger partial charge >= 0.3 is 0 Å². The van der Waals surface area contributed by atoms with Gasteiger partial charge in [0, 0.05) is 11.5 Å². The molecular formula is C27H30N2O7. The number of aliphatic hydroxyl groups is 3. The number of rotatable bonds is 4. The van der Waals surface area contributed by atoms with Crippen molar-refractivity contribution in [3.05, 3.63) is 69.7 Å². The Morgan fingerprint density at radius 1 is 1.19 bits per heavy atom. The fourth-order valence-corrected chi connectivity index (χ4v) is 5.95. The lowest BCUT2D eigenvalue weighted by Gasteiger charge is -2.50. The number of nitrogens with zero attached hydrogens (tertiary/aromatic N) is 1.